The Kier molecular flexibility index (Phi) is 2.24. The summed E-state index contributed by atoms with van der Waals surface area (Å²) in [4.78, 5) is 12.9. The number of aromatic nitrogens is 4. The summed E-state index contributed by atoms with van der Waals surface area (Å²) in [6.07, 6.45) is 0. The molecule has 0 unspecified atom stereocenters. The third kappa shape index (κ3) is 1.88. The summed E-state index contributed by atoms with van der Waals surface area (Å²) in [5.41, 5.74) is 0.337. The molecule has 0 bridgehead atoms. The Morgan fingerprint density at radius 1 is 1.33 bits per heavy atom. The minimum Gasteiger partial charge on any atom is -0.285 e. The van der Waals surface area contributed by atoms with E-state index in [1.807, 2.05) is 0 Å². The van der Waals surface area contributed by atoms with Crippen LogP contribution < -0.4 is 0 Å². The molecule has 0 atom stereocenters. The molecule has 0 fully saturated rings. The van der Waals surface area contributed by atoms with Gasteiger partial charge in [0.25, 0.3) is 0 Å². The van der Waals surface area contributed by atoms with Gasteiger partial charge in [-0.15, -0.1) is 10.2 Å². The van der Waals surface area contributed by atoms with Crippen molar-refractivity contribution in [2.75, 3.05) is 0 Å². The predicted molar refractivity (Wildman–Crippen MR) is 48.6 cm³/mol. The maximum atomic E-state index is 12.6. The van der Waals surface area contributed by atoms with E-state index in [1.165, 1.54) is 29.1 Å². The number of benzene rings is 1. The summed E-state index contributed by atoms with van der Waals surface area (Å²) < 4.78 is 12.6. The van der Waals surface area contributed by atoms with Crippen LogP contribution in [-0.2, 0) is 7.05 Å². The van der Waals surface area contributed by atoms with Crippen LogP contribution >= 0.6 is 0 Å². The lowest BCUT2D eigenvalue weighted by molar-refractivity contribution is 0.102. The highest BCUT2D eigenvalue weighted by Crippen LogP contribution is 2.06. The number of tetrazole rings is 1. The van der Waals surface area contributed by atoms with Crippen LogP contribution in [0.25, 0.3) is 0 Å². The molecule has 0 aliphatic heterocycles. The van der Waals surface area contributed by atoms with Gasteiger partial charge in [-0.25, -0.2) is 4.39 Å². The molecule has 0 saturated heterocycles. The van der Waals surface area contributed by atoms with Gasteiger partial charge in [-0.3, -0.25) is 4.79 Å². The number of carbonyl (C=O) groups is 1. The average Bonchev–Trinajstić information content (AvgIpc) is 2.65. The van der Waals surface area contributed by atoms with Crippen molar-refractivity contribution in [2.45, 2.75) is 0 Å². The zero-order valence-corrected chi connectivity index (χ0v) is 7.88. The van der Waals surface area contributed by atoms with E-state index in [9.17, 15) is 9.18 Å². The third-order valence-electron chi connectivity index (χ3n) is 1.82. The molecule has 2 aromatic rings. The van der Waals surface area contributed by atoms with E-state index in [0.717, 1.165) is 0 Å². The Labute approximate surface area is 84.5 Å². The first kappa shape index (κ1) is 9.45. The second-order valence-electron chi connectivity index (χ2n) is 2.94. The fraction of sp³-hybridized carbons (Fsp3) is 0.111. The maximum Gasteiger partial charge on any atom is 0.245 e. The normalized spacial score (nSPS) is 10.3. The largest absolute Gasteiger partial charge is 0.285 e. The van der Waals surface area contributed by atoms with Gasteiger partial charge in [0.2, 0.25) is 11.6 Å². The zero-order chi connectivity index (χ0) is 10.8. The number of hydrogen-bond acceptors (Lipinski definition) is 4. The van der Waals surface area contributed by atoms with Crippen LogP contribution in [0.2, 0.25) is 0 Å². The molecule has 0 aliphatic rings. The summed E-state index contributed by atoms with van der Waals surface area (Å²) in [7, 11) is 1.56. The van der Waals surface area contributed by atoms with Gasteiger partial charge in [0.05, 0.1) is 7.05 Å². The molecule has 0 N–H and O–H groups in total. The molecule has 0 saturated carbocycles. The highest BCUT2D eigenvalue weighted by Gasteiger charge is 2.14. The first-order chi connectivity index (χ1) is 7.16. The van der Waals surface area contributed by atoms with Crippen molar-refractivity contribution in [1.29, 1.82) is 0 Å². The second kappa shape index (κ2) is 3.56. The Bertz CT molecular complexity index is 491. The summed E-state index contributed by atoms with van der Waals surface area (Å²) in [5, 5.41) is 10.9. The molecule has 2 rings (SSSR count). The molecule has 1 aromatic carbocycles. The van der Waals surface area contributed by atoms with Gasteiger partial charge in [-0.2, -0.15) is 4.80 Å². The van der Waals surface area contributed by atoms with Crippen LogP contribution in [0.3, 0.4) is 0 Å². The Morgan fingerprint density at radius 2 is 2.00 bits per heavy atom. The van der Waals surface area contributed by atoms with Crippen molar-refractivity contribution in [2.24, 2.45) is 7.05 Å². The van der Waals surface area contributed by atoms with E-state index in [-0.39, 0.29) is 11.6 Å². The van der Waals surface area contributed by atoms with E-state index < -0.39 is 5.82 Å². The first-order valence-corrected chi connectivity index (χ1v) is 4.21. The smallest absolute Gasteiger partial charge is 0.245 e. The van der Waals surface area contributed by atoms with Gasteiger partial charge < -0.3 is 0 Å². The molecule has 6 heteroatoms. The van der Waals surface area contributed by atoms with Crippen LogP contribution in [0.4, 0.5) is 4.39 Å². The van der Waals surface area contributed by atoms with Crippen LogP contribution in [0.5, 0.6) is 0 Å². The van der Waals surface area contributed by atoms with Gasteiger partial charge in [-0.1, -0.05) is 0 Å². The molecule has 0 radical (unpaired) electrons. The monoisotopic (exact) mass is 206 g/mol. The Morgan fingerprint density at radius 3 is 2.53 bits per heavy atom. The fourth-order valence-corrected chi connectivity index (χ4v) is 1.11. The van der Waals surface area contributed by atoms with Gasteiger partial charge in [0, 0.05) is 5.56 Å². The average molecular weight is 206 g/mol. The van der Waals surface area contributed by atoms with E-state index in [4.69, 9.17) is 0 Å². The van der Waals surface area contributed by atoms with Crippen LogP contribution in [0.1, 0.15) is 16.2 Å². The number of halogens is 1. The lowest BCUT2D eigenvalue weighted by Gasteiger charge is -1.94. The SMILES string of the molecule is Cn1nnc(C(=O)c2ccc(F)cc2)n1. The summed E-state index contributed by atoms with van der Waals surface area (Å²) >= 11 is 0. The summed E-state index contributed by atoms with van der Waals surface area (Å²) in [6.45, 7) is 0. The van der Waals surface area contributed by atoms with E-state index >= 15 is 0 Å². The van der Waals surface area contributed by atoms with E-state index in [2.05, 4.69) is 15.4 Å². The van der Waals surface area contributed by atoms with Crippen molar-refractivity contribution in [3.05, 3.63) is 41.5 Å². The molecule has 0 aliphatic carbocycles. The highest BCUT2D eigenvalue weighted by molar-refractivity contribution is 6.06. The molecule has 0 spiro atoms. The third-order valence-corrected chi connectivity index (χ3v) is 1.82. The first-order valence-electron chi connectivity index (χ1n) is 4.21. The van der Waals surface area contributed by atoms with Crippen LogP contribution in [0, 0.1) is 5.82 Å². The number of aryl methyl sites for hydroxylation is 1. The maximum absolute atomic E-state index is 12.6. The number of nitrogens with zero attached hydrogens (tertiary/aromatic N) is 4. The molecule has 15 heavy (non-hydrogen) atoms. The fourth-order valence-electron chi connectivity index (χ4n) is 1.11. The van der Waals surface area contributed by atoms with Crippen molar-refractivity contribution < 1.29 is 9.18 Å². The van der Waals surface area contributed by atoms with E-state index in [0.29, 0.717) is 5.56 Å². The minimum atomic E-state index is -0.390. The summed E-state index contributed by atoms with van der Waals surface area (Å²) in [5.74, 6) is -0.758. The predicted octanol–water partition coefficient (Wildman–Crippen LogP) is 0.580. The van der Waals surface area contributed by atoms with E-state index in [1.54, 1.807) is 7.05 Å². The molecule has 1 heterocycles. The van der Waals surface area contributed by atoms with Crippen molar-refractivity contribution in [3.8, 4) is 0 Å². The van der Waals surface area contributed by atoms with Crippen LogP contribution in [0.15, 0.2) is 24.3 Å². The molecular formula is C9H7FN4O. The standard InChI is InChI=1S/C9H7FN4O/c1-14-12-9(11-13-14)8(15)6-2-4-7(10)5-3-6/h2-5H,1H3. The van der Waals surface area contributed by atoms with Crippen LogP contribution in [-0.4, -0.2) is 26.0 Å². The quantitative estimate of drug-likeness (QED) is 0.674. The minimum absolute atomic E-state index is 0.00380. The molecule has 0 amide bonds. The van der Waals surface area contributed by atoms with Crippen molar-refractivity contribution in [3.63, 3.8) is 0 Å². The van der Waals surface area contributed by atoms with Gasteiger partial charge >= 0.3 is 0 Å². The zero-order valence-electron chi connectivity index (χ0n) is 7.88. The van der Waals surface area contributed by atoms with Crippen molar-refractivity contribution >= 4 is 5.78 Å². The van der Waals surface area contributed by atoms with Gasteiger partial charge in [0.1, 0.15) is 5.82 Å². The lowest BCUT2D eigenvalue weighted by Crippen LogP contribution is -2.04. The topological polar surface area (TPSA) is 60.7 Å². The molecule has 5 nitrogen and oxygen atoms in total. The highest BCUT2D eigenvalue weighted by atomic mass is 19.1. The Hall–Kier alpha value is -2.11. The molecule has 76 valence electrons. The molecular weight excluding hydrogens is 199 g/mol. The second-order valence-corrected chi connectivity index (χ2v) is 2.94. The number of hydrogen-bond donors (Lipinski definition) is 0. The van der Waals surface area contributed by atoms with Gasteiger partial charge in [0.15, 0.2) is 0 Å². The Balaban J connectivity index is 2.32. The van der Waals surface area contributed by atoms with Crippen molar-refractivity contribution in [1.82, 2.24) is 20.2 Å². The number of rotatable bonds is 2. The molecule has 1 aromatic heterocycles. The number of carbonyl (C=O) groups excluding carboxylic acids is 1. The lowest BCUT2D eigenvalue weighted by atomic mass is 10.1. The number of ketones is 1. The summed E-state index contributed by atoms with van der Waals surface area (Å²) in [6, 6.07) is 5.19. The van der Waals surface area contributed by atoms with Gasteiger partial charge in [-0.05, 0) is 29.5 Å².